The van der Waals surface area contributed by atoms with Crippen LogP contribution in [0.15, 0.2) is 0 Å². The van der Waals surface area contributed by atoms with Gasteiger partial charge >= 0.3 is 34.1 Å². The third kappa shape index (κ3) is 2.40. The van der Waals surface area contributed by atoms with E-state index in [1.807, 2.05) is 15.9 Å². The standard InChI is InChI=1S/C3H6.Al.H/c1-3-2;;/h1H,3H2,2H3;;. The quantitative estimate of drug-likeness (QED) is 0.384. The van der Waals surface area contributed by atoms with Gasteiger partial charge in [0, 0.05) is 0 Å². The van der Waals surface area contributed by atoms with Crippen molar-refractivity contribution in [2.24, 2.45) is 0 Å². The van der Waals surface area contributed by atoms with Crippen LogP contribution >= 0.6 is 0 Å². The first-order valence-corrected chi connectivity index (χ1v) is 2.34. The Kier molecular flexibility index (Phi) is 3.74. The summed E-state index contributed by atoms with van der Waals surface area (Å²) in [5.74, 6) is 0. The summed E-state index contributed by atoms with van der Waals surface area (Å²) in [5, 5.41) is 0. The van der Waals surface area contributed by atoms with Crippen LogP contribution in [0.25, 0.3) is 0 Å². The van der Waals surface area contributed by atoms with Crippen LogP contribution in [0.4, 0.5) is 0 Å². The van der Waals surface area contributed by atoms with Crippen LogP contribution in [0.2, 0.25) is 0 Å². The molecule has 0 bridgehead atoms. The predicted molar refractivity (Wildman–Crippen MR) is 23.5 cm³/mol. The summed E-state index contributed by atoms with van der Waals surface area (Å²) in [6.07, 6.45) is 1.21. The van der Waals surface area contributed by atoms with E-state index >= 15 is 0 Å². The van der Waals surface area contributed by atoms with Crippen molar-refractivity contribution < 1.29 is 0 Å². The average Bonchev–Trinajstić information content (AvgIpc) is 1.37. The van der Waals surface area contributed by atoms with E-state index in [-0.39, 0.29) is 0 Å². The monoisotopic (exact) mass is 70.0 g/mol. The molecule has 0 nitrogen and oxygen atoms in total. The maximum atomic E-state index is 2.15. The fourth-order valence-electron chi connectivity index (χ4n) is 0. The van der Waals surface area contributed by atoms with Gasteiger partial charge in [-0.05, 0) is 0 Å². The van der Waals surface area contributed by atoms with Gasteiger partial charge in [-0.2, -0.15) is 0 Å². The Bertz CT molecular complexity index is 17.2. The van der Waals surface area contributed by atoms with Crippen molar-refractivity contribution in [2.45, 2.75) is 13.3 Å². The fourth-order valence-corrected chi connectivity index (χ4v) is 0. The van der Waals surface area contributed by atoms with Crippen molar-refractivity contribution in [3.05, 3.63) is 0 Å². The third-order valence-electron chi connectivity index (χ3n) is 0.289. The van der Waals surface area contributed by atoms with Crippen LogP contribution in [0.3, 0.4) is 0 Å². The van der Waals surface area contributed by atoms with E-state index < -0.39 is 0 Å². The summed E-state index contributed by atoms with van der Waals surface area (Å²) in [7, 11) is 0. The molecule has 0 saturated carbocycles. The molecule has 0 aliphatic carbocycles. The van der Waals surface area contributed by atoms with Gasteiger partial charge in [0.05, 0.1) is 0 Å². The third-order valence-corrected chi connectivity index (χ3v) is 0.866. The topological polar surface area (TPSA) is 0 Å². The van der Waals surface area contributed by atoms with Gasteiger partial charge in [0.1, 0.15) is 0 Å². The number of hydrogen-bond donors (Lipinski definition) is 0. The SMILES string of the molecule is CC[CH]=[AlH]. The second kappa shape index (κ2) is 3.40. The molecule has 0 spiro atoms. The Morgan fingerprint density at radius 1 is 2.00 bits per heavy atom. The molecule has 0 heterocycles. The van der Waals surface area contributed by atoms with Crippen molar-refractivity contribution in [1.29, 1.82) is 0 Å². The predicted octanol–water partition coefficient (Wildman–Crippen LogP) is 0.0994. The van der Waals surface area contributed by atoms with Gasteiger partial charge in [-0.15, -0.1) is 0 Å². The van der Waals surface area contributed by atoms with Gasteiger partial charge in [0.15, 0.2) is 0 Å². The van der Waals surface area contributed by atoms with E-state index in [9.17, 15) is 0 Å². The number of hydrogen-bond acceptors (Lipinski definition) is 0. The summed E-state index contributed by atoms with van der Waals surface area (Å²) < 4.78 is 0. The summed E-state index contributed by atoms with van der Waals surface area (Å²) >= 11 is 1.90. The van der Waals surface area contributed by atoms with E-state index in [4.69, 9.17) is 0 Å². The molecular formula is C3H7Al. The van der Waals surface area contributed by atoms with Crippen molar-refractivity contribution in [1.82, 2.24) is 0 Å². The Hall–Kier alpha value is 0.402. The molecule has 0 amide bonds. The number of rotatable bonds is 1. The average molecular weight is 70.1 g/mol. The second-order valence-electron chi connectivity index (χ2n) is 0.697. The molecule has 0 unspecified atom stereocenters. The first kappa shape index (κ1) is 4.40. The molecule has 4 heavy (non-hydrogen) atoms. The van der Waals surface area contributed by atoms with Crippen molar-refractivity contribution in [2.75, 3.05) is 0 Å². The van der Waals surface area contributed by atoms with Gasteiger partial charge < -0.3 is 0 Å². The van der Waals surface area contributed by atoms with Crippen molar-refractivity contribution >= 4 is 20.7 Å². The molecule has 22 valence electrons. The minimum atomic E-state index is 1.21. The van der Waals surface area contributed by atoms with Gasteiger partial charge in [-0.25, -0.2) is 0 Å². The minimum absolute atomic E-state index is 1.21. The van der Waals surface area contributed by atoms with Crippen molar-refractivity contribution in [3.63, 3.8) is 0 Å². The van der Waals surface area contributed by atoms with Crippen LogP contribution in [-0.2, 0) is 0 Å². The van der Waals surface area contributed by atoms with Crippen LogP contribution in [0.1, 0.15) is 13.3 Å². The zero-order valence-corrected chi connectivity index (χ0v) is 4.41. The molecular weight excluding hydrogens is 63.0 g/mol. The van der Waals surface area contributed by atoms with Crippen LogP contribution in [0.5, 0.6) is 0 Å². The molecule has 0 aromatic heterocycles. The second-order valence-corrected chi connectivity index (χ2v) is 1.27. The zero-order chi connectivity index (χ0) is 3.41. The first-order valence-electron chi connectivity index (χ1n) is 1.52. The Morgan fingerprint density at radius 2 is 2.25 bits per heavy atom. The first-order chi connectivity index (χ1) is 1.91. The van der Waals surface area contributed by atoms with E-state index in [1.54, 1.807) is 0 Å². The maximum absolute atomic E-state index is 2.15. The fraction of sp³-hybridized carbons (Fsp3) is 0.667. The summed E-state index contributed by atoms with van der Waals surface area (Å²) in [6.45, 7) is 2.13. The molecule has 0 aromatic carbocycles. The van der Waals surface area contributed by atoms with E-state index in [1.165, 1.54) is 6.42 Å². The summed E-state index contributed by atoms with van der Waals surface area (Å²) in [5.41, 5.74) is 0. The molecule has 0 aromatic rings. The van der Waals surface area contributed by atoms with Crippen molar-refractivity contribution in [3.8, 4) is 0 Å². The van der Waals surface area contributed by atoms with E-state index in [0.717, 1.165) is 0 Å². The van der Waals surface area contributed by atoms with Crippen LogP contribution < -0.4 is 0 Å². The molecule has 0 rings (SSSR count). The van der Waals surface area contributed by atoms with Gasteiger partial charge in [0.2, 0.25) is 0 Å². The molecule has 1 heteroatoms. The van der Waals surface area contributed by atoms with Gasteiger partial charge in [-0.3, -0.25) is 0 Å². The molecule has 0 atom stereocenters. The molecule has 0 N–H and O–H groups in total. The summed E-state index contributed by atoms with van der Waals surface area (Å²) in [6, 6.07) is 0. The summed E-state index contributed by atoms with van der Waals surface area (Å²) in [4.78, 5) is 2.15. The molecule has 0 radical (unpaired) electrons. The van der Waals surface area contributed by atoms with E-state index in [2.05, 4.69) is 11.8 Å². The Labute approximate surface area is 34.8 Å². The molecule has 0 saturated heterocycles. The van der Waals surface area contributed by atoms with Gasteiger partial charge in [-0.1, -0.05) is 0 Å². The van der Waals surface area contributed by atoms with Crippen LogP contribution in [-0.4, -0.2) is 20.7 Å². The molecule has 0 aliphatic heterocycles. The zero-order valence-electron chi connectivity index (χ0n) is 2.99. The normalized spacial score (nSPS) is 6.00. The Balaban J connectivity index is 2.30. The Morgan fingerprint density at radius 3 is 2.25 bits per heavy atom. The van der Waals surface area contributed by atoms with Crippen LogP contribution in [0, 0.1) is 0 Å². The van der Waals surface area contributed by atoms with Gasteiger partial charge in [0.25, 0.3) is 0 Å². The molecule has 0 aliphatic rings. The molecule has 0 fully saturated rings. The van der Waals surface area contributed by atoms with E-state index in [0.29, 0.717) is 0 Å².